The van der Waals surface area contributed by atoms with Gasteiger partial charge in [-0.15, -0.1) is 6.42 Å². The molecule has 0 saturated carbocycles. The van der Waals surface area contributed by atoms with Crippen molar-refractivity contribution in [2.24, 2.45) is 5.73 Å². The Morgan fingerprint density at radius 2 is 2.20 bits per heavy atom. The Bertz CT molecular complexity index is 522. The first kappa shape index (κ1) is 16.5. The van der Waals surface area contributed by atoms with Crippen molar-refractivity contribution in [1.29, 1.82) is 0 Å². The molecule has 8 heteroatoms. The zero-order chi connectivity index (χ0) is 15.3. The van der Waals surface area contributed by atoms with Gasteiger partial charge < -0.3 is 15.4 Å². The molecule has 1 fully saturated rings. The van der Waals surface area contributed by atoms with Gasteiger partial charge in [-0.1, -0.05) is 5.92 Å². The summed E-state index contributed by atoms with van der Waals surface area (Å²) in [5, 5.41) is 0. The second kappa shape index (κ2) is 6.72. The molecule has 1 aliphatic heterocycles. The van der Waals surface area contributed by atoms with Gasteiger partial charge in [0.15, 0.2) is 15.9 Å². The molecule has 0 aromatic heterocycles. The van der Waals surface area contributed by atoms with E-state index in [0.29, 0.717) is 6.42 Å². The minimum atomic E-state index is -3.17. The number of nitrogens with zero attached hydrogens (tertiary/aromatic N) is 1. The average molecular weight is 302 g/mol. The topological polar surface area (TPSA) is 107 Å². The van der Waals surface area contributed by atoms with E-state index in [9.17, 15) is 18.0 Å². The number of nitrogens with two attached hydrogens (primary N) is 1. The molecule has 2 N–H and O–H groups in total. The van der Waals surface area contributed by atoms with E-state index in [1.165, 1.54) is 4.90 Å². The second-order valence-electron chi connectivity index (χ2n) is 4.46. The highest BCUT2D eigenvalue weighted by Gasteiger charge is 2.37. The Morgan fingerprint density at radius 1 is 1.55 bits per heavy atom. The minimum Gasteiger partial charge on any atom is -0.464 e. The van der Waals surface area contributed by atoms with Crippen molar-refractivity contribution in [3.8, 4) is 12.3 Å². The maximum Gasteiger partial charge on any atom is 0.332 e. The van der Waals surface area contributed by atoms with Crippen molar-refractivity contribution in [2.75, 3.05) is 24.7 Å². The van der Waals surface area contributed by atoms with Crippen LogP contribution in [-0.4, -0.2) is 61.9 Å². The number of amides is 1. The van der Waals surface area contributed by atoms with Gasteiger partial charge in [-0.2, -0.15) is 0 Å². The van der Waals surface area contributed by atoms with E-state index in [4.69, 9.17) is 12.2 Å². The predicted molar refractivity (Wildman–Crippen MR) is 72.2 cm³/mol. The summed E-state index contributed by atoms with van der Waals surface area (Å²) in [7, 11) is -3.17. The first-order chi connectivity index (χ1) is 9.32. The van der Waals surface area contributed by atoms with E-state index in [-0.39, 0.29) is 24.7 Å². The van der Waals surface area contributed by atoms with Crippen LogP contribution in [0.5, 0.6) is 0 Å². The maximum atomic E-state index is 12.2. The number of carbonyl (C=O) groups is 2. The smallest absolute Gasteiger partial charge is 0.332 e. The number of terminal acetylenes is 1. The SMILES string of the molecule is C#CCN(C(=O)C(N)C(=O)OCC)C1CCS(=O)(=O)C1. The third-order valence-electron chi connectivity index (χ3n) is 3.00. The Balaban J connectivity index is 2.83. The van der Waals surface area contributed by atoms with Crippen LogP contribution in [0.1, 0.15) is 13.3 Å². The standard InChI is InChI=1S/C12H18N2O5S/c1-3-6-14(9-5-7-20(17,18)8-9)11(15)10(13)12(16)19-4-2/h1,9-10H,4-8,13H2,2H3. The van der Waals surface area contributed by atoms with Crippen molar-refractivity contribution in [2.45, 2.75) is 25.4 Å². The van der Waals surface area contributed by atoms with Crippen LogP contribution in [0.2, 0.25) is 0 Å². The lowest BCUT2D eigenvalue weighted by atomic mass is 10.1. The Morgan fingerprint density at radius 3 is 2.65 bits per heavy atom. The summed E-state index contributed by atoms with van der Waals surface area (Å²) in [6.45, 7) is 1.61. The van der Waals surface area contributed by atoms with Gasteiger partial charge in [-0.05, 0) is 13.3 Å². The summed E-state index contributed by atoms with van der Waals surface area (Å²) in [4.78, 5) is 24.8. The first-order valence-electron chi connectivity index (χ1n) is 6.19. The number of ether oxygens (including phenoxy) is 1. The molecule has 1 aliphatic rings. The minimum absolute atomic E-state index is 0.000657. The Hall–Kier alpha value is -1.59. The highest BCUT2D eigenvalue weighted by molar-refractivity contribution is 7.91. The van der Waals surface area contributed by atoms with E-state index in [0.717, 1.165) is 0 Å². The maximum absolute atomic E-state index is 12.2. The number of hydrogen-bond acceptors (Lipinski definition) is 6. The fourth-order valence-electron chi connectivity index (χ4n) is 2.02. The van der Waals surface area contributed by atoms with Crippen LogP contribution in [0, 0.1) is 12.3 Å². The monoisotopic (exact) mass is 302 g/mol. The van der Waals surface area contributed by atoms with Crippen LogP contribution in [0.3, 0.4) is 0 Å². The average Bonchev–Trinajstić information content (AvgIpc) is 2.74. The molecule has 0 spiro atoms. The number of sulfone groups is 1. The fourth-order valence-corrected chi connectivity index (χ4v) is 3.75. The molecule has 0 aromatic rings. The zero-order valence-electron chi connectivity index (χ0n) is 11.2. The molecule has 1 saturated heterocycles. The largest absolute Gasteiger partial charge is 0.464 e. The van der Waals surface area contributed by atoms with Gasteiger partial charge in [0.25, 0.3) is 5.91 Å². The molecule has 0 aliphatic carbocycles. The second-order valence-corrected chi connectivity index (χ2v) is 6.69. The van der Waals surface area contributed by atoms with E-state index < -0.39 is 33.8 Å². The van der Waals surface area contributed by atoms with Crippen LogP contribution < -0.4 is 5.73 Å². The summed E-state index contributed by atoms with van der Waals surface area (Å²) in [6.07, 6.45) is 5.48. The van der Waals surface area contributed by atoms with E-state index in [1.807, 2.05) is 0 Å². The van der Waals surface area contributed by atoms with Gasteiger partial charge >= 0.3 is 5.97 Å². The van der Waals surface area contributed by atoms with Gasteiger partial charge in [0.2, 0.25) is 0 Å². The highest BCUT2D eigenvalue weighted by atomic mass is 32.2. The molecule has 0 aromatic carbocycles. The molecular formula is C12H18N2O5S. The van der Waals surface area contributed by atoms with E-state index in [2.05, 4.69) is 10.7 Å². The quantitative estimate of drug-likeness (QED) is 0.377. The molecule has 7 nitrogen and oxygen atoms in total. The van der Waals surface area contributed by atoms with Crippen LogP contribution in [0.15, 0.2) is 0 Å². The Labute approximate surface area is 118 Å². The van der Waals surface area contributed by atoms with Crippen molar-refractivity contribution in [3.63, 3.8) is 0 Å². The summed E-state index contributed by atoms with van der Waals surface area (Å²) in [5.41, 5.74) is 5.53. The molecule has 2 unspecified atom stereocenters. The summed E-state index contributed by atoms with van der Waals surface area (Å²) in [5.74, 6) is 0.573. The summed E-state index contributed by atoms with van der Waals surface area (Å²) >= 11 is 0. The molecule has 0 bridgehead atoms. The van der Waals surface area contributed by atoms with Gasteiger partial charge in [-0.3, -0.25) is 4.79 Å². The van der Waals surface area contributed by atoms with Crippen LogP contribution in [0.4, 0.5) is 0 Å². The number of hydrogen-bond donors (Lipinski definition) is 1. The fraction of sp³-hybridized carbons (Fsp3) is 0.667. The number of esters is 1. The van der Waals surface area contributed by atoms with E-state index >= 15 is 0 Å². The molecule has 112 valence electrons. The Kier molecular flexibility index (Phi) is 5.53. The molecular weight excluding hydrogens is 284 g/mol. The molecule has 0 radical (unpaired) electrons. The van der Waals surface area contributed by atoms with Crippen LogP contribution in [-0.2, 0) is 24.2 Å². The van der Waals surface area contributed by atoms with Gasteiger partial charge in [0.1, 0.15) is 0 Å². The number of rotatable bonds is 5. The van der Waals surface area contributed by atoms with Crippen LogP contribution >= 0.6 is 0 Å². The molecule has 1 rings (SSSR count). The predicted octanol–water partition coefficient (Wildman–Crippen LogP) is -1.47. The van der Waals surface area contributed by atoms with Crippen molar-refractivity contribution in [1.82, 2.24) is 4.90 Å². The molecule has 20 heavy (non-hydrogen) atoms. The van der Waals surface area contributed by atoms with Crippen molar-refractivity contribution >= 4 is 21.7 Å². The van der Waals surface area contributed by atoms with Gasteiger partial charge in [0, 0.05) is 6.04 Å². The van der Waals surface area contributed by atoms with Gasteiger partial charge in [0.05, 0.1) is 24.7 Å². The molecule has 2 atom stereocenters. The first-order valence-corrected chi connectivity index (χ1v) is 8.01. The van der Waals surface area contributed by atoms with Crippen LogP contribution in [0.25, 0.3) is 0 Å². The third kappa shape index (κ3) is 3.95. The summed E-state index contributed by atoms with van der Waals surface area (Å²) in [6, 6.07) is -2.02. The molecule has 1 heterocycles. The normalized spacial score (nSPS) is 21.8. The number of carbonyl (C=O) groups excluding carboxylic acids is 2. The highest BCUT2D eigenvalue weighted by Crippen LogP contribution is 2.18. The van der Waals surface area contributed by atoms with E-state index in [1.54, 1.807) is 6.92 Å². The van der Waals surface area contributed by atoms with Crippen molar-refractivity contribution < 1.29 is 22.7 Å². The molecule has 1 amide bonds. The lowest BCUT2D eigenvalue weighted by Crippen LogP contribution is -2.52. The lowest BCUT2D eigenvalue weighted by molar-refractivity contribution is -0.151. The third-order valence-corrected chi connectivity index (χ3v) is 4.75. The van der Waals surface area contributed by atoms with Crippen molar-refractivity contribution in [3.05, 3.63) is 0 Å². The van der Waals surface area contributed by atoms with Gasteiger partial charge in [-0.25, -0.2) is 13.2 Å². The zero-order valence-corrected chi connectivity index (χ0v) is 12.1. The lowest BCUT2D eigenvalue weighted by Gasteiger charge is -2.28. The summed E-state index contributed by atoms with van der Waals surface area (Å²) < 4.78 is 27.6.